The molecule has 0 saturated heterocycles. The van der Waals surface area contributed by atoms with E-state index in [1.54, 1.807) is 44.2 Å². The molecular weight excluding hydrogens is 348 g/mol. The fourth-order valence-corrected chi connectivity index (χ4v) is 2.47. The minimum absolute atomic E-state index is 0.00413. The summed E-state index contributed by atoms with van der Waals surface area (Å²) in [7, 11) is 0. The van der Waals surface area contributed by atoms with E-state index in [0.717, 1.165) is 5.56 Å². The molecule has 0 bridgehead atoms. The van der Waals surface area contributed by atoms with Crippen LogP contribution in [-0.2, 0) is 11.2 Å². The van der Waals surface area contributed by atoms with Gasteiger partial charge in [-0.05, 0) is 58.0 Å². The van der Waals surface area contributed by atoms with Gasteiger partial charge in [-0.15, -0.1) is 0 Å². The normalized spacial score (nSPS) is 11.5. The van der Waals surface area contributed by atoms with Crippen molar-refractivity contribution in [2.75, 3.05) is 0 Å². The number of nitrogens with zero attached hydrogens (tertiary/aromatic N) is 1. The van der Waals surface area contributed by atoms with E-state index in [4.69, 9.17) is 14.3 Å². The average molecular weight is 372 g/mol. The summed E-state index contributed by atoms with van der Waals surface area (Å²) >= 11 is 0. The van der Waals surface area contributed by atoms with Gasteiger partial charge in [0.05, 0.1) is 18.2 Å². The maximum atomic E-state index is 12.2. The first-order chi connectivity index (χ1) is 12.8. The van der Waals surface area contributed by atoms with Crippen molar-refractivity contribution in [3.63, 3.8) is 0 Å². The molecule has 27 heavy (non-hydrogen) atoms. The third-order valence-corrected chi connectivity index (χ3v) is 3.76. The van der Waals surface area contributed by atoms with Crippen LogP contribution in [0.2, 0.25) is 0 Å². The van der Waals surface area contributed by atoms with E-state index in [1.165, 1.54) is 0 Å². The second-order valence-corrected chi connectivity index (χ2v) is 6.41. The number of carbonyl (C=O) groups is 2. The van der Waals surface area contributed by atoms with Crippen molar-refractivity contribution in [3.8, 4) is 5.75 Å². The van der Waals surface area contributed by atoms with E-state index in [0.29, 0.717) is 35.0 Å². The van der Waals surface area contributed by atoms with E-state index >= 15 is 0 Å². The minimum atomic E-state index is -0.881. The topological polar surface area (TPSA) is 101 Å². The predicted octanol–water partition coefficient (Wildman–Crippen LogP) is 3.55. The maximum Gasteiger partial charge on any atom is 0.303 e. The second-order valence-electron chi connectivity index (χ2n) is 6.41. The lowest BCUT2D eigenvalue weighted by Crippen LogP contribution is -2.19. The highest BCUT2D eigenvalue weighted by atomic mass is 16.5. The third-order valence-electron chi connectivity index (χ3n) is 3.76. The summed E-state index contributed by atoms with van der Waals surface area (Å²) in [4.78, 5) is 22.9. The van der Waals surface area contributed by atoms with Gasteiger partial charge in [-0.1, -0.05) is 0 Å². The molecule has 0 spiro atoms. The Balaban J connectivity index is 2.02. The minimum Gasteiger partial charge on any atom is -0.491 e. The van der Waals surface area contributed by atoms with Crippen LogP contribution in [0.3, 0.4) is 0 Å². The van der Waals surface area contributed by atoms with Gasteiger partial charge >= 0.3 is 5.97 Å². The number of hydrogen-bond acceptors (Lipinski definition) is 5. The largest absolute Gasteiger partial charge is 0.491 e. The molecule has 0 radical (unpaired) electrons. The summed E-state index contributed by atoms with van der Waals surface area (Å²) in [5.74, 6) is 0.683. The van der Waals surface area contributed by atoms with E-state index in [2.05, 4.69) is 10.5 Å². The van der Waals surface area contributed by atoms with Crippen LogP contribution in [0.4, 0.5) is 0 Å². The predicted molar refractivity (Wildman–Crippen MR) is 101 cm³/mol. The van der Waals surface area contributed by atoms with Crippen molar-refractivity contribution in [2.45, 2.75) is 46.6 Å². The van der Waals surface area contributed by atoms with Gasteiger partial charge in [0.15, 0.2) is 0 Å². The van der Waals surface area contributed by atoms with Gasteiger partial charge in [0, 0.05) is 17.5 Å². The molecule has 7 nitrogen and oxygen atoms in total. The molecule has 144 valence electrons. The smallest absolute Gasteiger partial charge is 0.303 e. The molecule has 0 aliphatic carbocycles. The summed E-state index contributed by atoms with van der Waals surface area (Å²) in [6.45, 7) is 7.39. The van der Waals surface area contributed by atoms with Crippen molar-refractivity contribution in [3.05, 3.63) is 53.0 Å². The molecule has 0 aliphatic rings. The molecule has 7 heteroatoms. The van der Waals surface area contributed by atoms with Crippen LogP contribution < -0.4 is 10.2 Å². The second kappa shape index (κ2) is 9.02. The molecule has 0 atom stereocenters. The molecule has 2 N–H and O–H groups in total. The van der Waals surface area contributed by atoms with Gasteiger partial charge in [0.25, 0.3) is 5.91 Å². The number of nitrogens with one attached hydrogen (secondary N) is 1. The van der Waals surface area contributed by atoms with Crippen LogP contribution in [0, 0.1) is 6.92 Å². The van der Waals surface area contributed by atoms with Crippen molar-refractivity contribution < 1.29 is 23.8 Å². The summed E-state index contributed by atoms with van der Waals surface area (Å²) in [5, 5.41) is 12.9. The molecule has 1 amide bonds. The Bertz CT molecular complexity index is 835. The van der Waals surface area contributed by atoms with Gasteiger partial charge in [-0.2, -0.15) is 5.10 Å². The fourth-order valence-electron chi connectivity index (χ4n) is 2.47. The molecule has 1 aromatic carbocycles. The Labute approximate surface area is 158 Å². The zero-order valence-corrected chi connectivity index (χ0v) is 15.9. The SMILES string of the molecule is C/C(=N/NC(=O)c1ccc(OC(C)C)cc1)c1cc(CCC(=O)O)oc1C. The number of carboxylic acids is 1. The number of carboxylic acid groups (broad SMARTS) is 1. The first-order valence-corrected chi connectivity index (χ1v) is 8.69. The monoisotopic (exact) mass is 372 g/mol. The Morgan fingerprint density at radius 2 is 1.93 bits per heavy atom. The third kappa shape index (κ3) is 5.99. The van der Waals surface area contributed by atoms with Crippen molar-refractivity contribution in [1.82, 2.24) is 5.43 Å². The van der Waals surface area contributed by atoms with Crippen LogP contribution in [0.5, 0.6) is 5.75 Å². The Hall–Kier alpha value is -3.09. The van der Waals surface area contributed by atoms with Crippen LogP contribution in [0.1, 0.15) is 54.6 Å². The molecule has 2 aromatic rings. The number of furan rings is 1. The van der Waals surface area contributed by atoms with Crippen LogP contribution >= 0.6 is 0 Å². The van der Waals surface area contributed by atoms with Gasteiger partial charge in [0.1, 0.15) is 17.3 Å². The lowest BCUT2D eigenvalue weighted by molar-refractivity contribution is -0.137. The zero-order chi connectivity index (χ0) is 20.0. The van der Waals surface area contributed by atoms with E-state index in [1.807, 2.05) is 13.8 Å². The summed E-state index contributed by atoms with van der Waals surface area (Å²) < 4.78 is 11.1. The Kier molecular flexibility index (Phi) is 6.76. The van der Waals surface area contributed by atoms with Gasteiger partial charge in [-0.25, -0.2) is 5.43 Å². The standard InChI is InChI=1S/C20H24N2O5/c1-12(2)26-16-7-5-15(6-8-16)20(25)22-21-13(3)18-11-17(27-14(18)4)9-10-19(23)24/h5-8,11-12H,9-10H2,1-4H3,(H,22,25)(H,23,24)/b21-13-. The van der Waals surface area contributed by atoms with Crippen LogP contribution in [0.15, 0.2) is 39.9 Å². The fraction of sp³-hybridized carbons (Fsp3) is 0.350. The number of carbonyl (C=O) groups excluding carboxylic acids is 1. The van der Waals surface area contributed by atoms with Crippen LogP contribution in [-0.4, -0.2) is 28.8 Å². The molecule has 1 aromatic heterocycles. The number of aryl methyl sites for hydroxylation is 2. The van der Waals surface area contributed by atoms with E-state index < -0.39 is 5.97 Å². The molecule has 0 saturated carbocycles. The van der Waals surface area contributed by atoms with Crippen molar-refractivity contribution in [1.29, 1.82) is 0 Å². The molecule has 0 unspecified atom stereocenters. The number of aliphatic carboxylic acids is 1. The summed E-state index contributed by atoms with van der Waals surface area (Å²) in [6.07, 6.45) is 0.367. The van der Waals surface area contributed by atoms with Crippen molar-refractivity contribution >= 4 is 17.6 Å². The van der Waals surface area contributed by atoms with Gasteiger partial charge in [0.2, 0.25) is 0 Å². The number of benzene rings is 1. The number of hydrazone groups is 1. The number of hydrogen-bond donors (Lipinski definition) is 2. The number of ether oxygens (including phenoxy) is 1. The molecule has 0 aliphatic heterocycles. The molecule has 1 heterocycles. The lowest BCUT2D eigenvalue weighted by atomic mass is 10.1. The highest BCUT2D eigenvalue weighted by molar-refractivity contribution is 6.01. The van der Waals surface area contributed by atoms with Crippen LogP contribution in [0.25, 0.3) is 0 Å². The first-order valence-electron chi connectivity index (χ1n) is 8.69. The zero-order valence-electron chi connectivity index (χ0n) is 15.9. The summed E-state index contributed by atoms with van der Waals surface area (Å²) in [6, 6.07) is 8.57. The Morgan fingerprint density at radius 3 is 2.52 bits per heavy atom. The average Bonchev–Trinajstić information content (AvgIpc) is 2.98. The summed E-state index contributed by atoms with van der Waals surface area (Å²) in [5.41, 5.74) is 4.29. The highest BCUT2D eigenvalue weighted by Gasteiger charge is 2.12. The Morgan fingerprint density at radius 1 is 1.26 bits per heavy atom. The molecular formula is C20H24N2O5. The van der Waals surface area contributed by atoms with E-state index in [9.17, 15) is 9.59 Å². The van der Waals surface area contributed by atoms with Gasteiger partial charge in [-0.3, -0.25) is 9.59 Å². The van der Waals surface area contributed by atoms with Gasteiger partial charge < -0.3 is 14.3 Å². The molecule has 2 rings (SSSR count). The number of rotatable bonds is 8. The lowest BCUT2D eigenvalue weighted by Gasteiger charge is -2.09. The van der Waals surface area contributed by atoms with E-state index in [-0.39, 0.29) is 18.4 Å². The first kappa shape index (κ1) is 20.2. The number of amides is 1. The highest BCUT2D eigenvalue weighted by Crippen LogP contribution is 2.17. The van der Waals surface area contributed by atoms with Crippen molar-refractivity contribution in [2.24, 2.45) is 5.10 Å². The maximum absolute atomic E-state index is 12.2. The quantitative estimate of drug-likeness (QED) is 0.545. The molecule has 0 fully saturated rings.